The van der Waals surface area contributed by atoms with Gasteiger partial charge in [-0.1, -0.05) is 18.2 Å². The highest BCUT2D eigenvalue weighted by Crippen LogP contribution is 2.44. The molecule has 1 aromatic carbocycles. The van der Waals surface area contributed by atoms with Crippen molar-refractivity contribution in [3.8, 4) is 0 Å². The number of benzene rings is 1. The second kappa shape index (κ2) is 6.61. The van der Waals surface area contributed by atoms with Crippen LogP contribution >= 0.6 is 0 Å². The molecule has 1 spiro atoms. The fourth-order valence-electron chi connectivity index (χ4n) is 3.86. The smallest absolute Gasteiger partial charge is 0.229 e. The van der Waals surface area contributed by atoms with Crippen molar-refractivity contribution in [1.29, 1.82) is 0 Å². The molecule has 0 amide bonds. The molecule has 8 heteroatoms. The van der Waals surface area contributed by atoms with Crippen LogP contribution in [0, 0.1) is 0 Å². The number of nitrogens with zero attached hydrogens (tertiary/aromatic N) is 4. The van der Waals surface area contributed by atoms with E-state index in [2.05, 4.69) is 27.0 Å². The third kappa shape index (κ3) is 3.08. The van der Waals surface area contributed by atoms with E-state index in [1.54, 1.807) is 18.5 Å². The minimum atomic E-state index is -3.17. The number of aromatic nitrogens is 2. The van der Waals surface area contributed by atoms with Gasteiger partial charge in [-0.15, -0.1) is 0 Å². The number of rotatable bonds is 2. The van der Waals surface area contributed by atoms with E-state index in [1.807, 2.05) is 12.1 Å². The molecule has 7 nitrogen and oxygen atoms in total. The van der Waals surface area contributed by atoms with Crippen molar-refractivity contribution in [2.75, 3.05) is 37.4 Å². The molecule has 1 saturated heterocycles. The average Bonchev–Trinajstić information content (AvgIpc) is 2.80. The van der Waals surface area contributed by atoms with Crippen molar-refractivity contribution >= 4 is 21.7 Å². The van der Waals surface area contributed by atoms with Gasteiger partial charge in [-0.3, -0.25) is 0 Å². The van der Waals surface area contributed by atoms with Gasteiger partial charge in [-0.25, -0.2) is 22.7 Å². The maximum atomic E-state index is 11.9. The second-order valence-electron chi connectivity index (χ2n) is 6.72. The van der Waals surface area contributed by atoms with Crippen molar-refractivity contribution in [2.45, 2.75) is 18.4 Å². The summed E-state index contributed by atoms with van der Waals surface area (Å²) < 4.78 is 31.6. The van der Waals surface area contributed by atoms with E-state index in [-0.39, 0.29) is 0 Å². The first-order valence-corrected chi connectivity index (χ1v) is 10.6. The van der Waals surface area contributed by atoms with Crippen LogP contribution in [0.5, 0.6) is 0 Å². The third-order valence-corrected chi connectivity index (χ3v) is 6.47. The van der Waals surface area contributed by atoms with Crippen LogP contribution < -0.4 is 4.90 Å². The maximum absolute atomic E-state index is 11.9. The van der Waals surface area contributed by atoms with Gasteiger partial charge in [0.25, 0.3) is 0 Å². The van der Waals surface area contributed by atoms with Crippen LogP contribution in [0.4, 0.5) is 11.6 Å². The van der Waals surface area contributed by atoms with Gasteiger partial charge in [-0.2, -0.15) is 0 Å². The van der Waals surface area contributed by atoms with Gasteiger partial charge in [-0.05, 0) is 25.0 Å². The zero-order chi connectivity index (χ0) is 18.2. The molecule has 138 valence electrons. The number of piperidine rings is 1. The first-order valence-electron chi connectivity index (χ1n) is 8.73. The minimum absolute atomic E-state index is 0.467. The molecular formula is C18H22N4O3S. The first-order chi connectivity index (χ1) is 12.5. The van der Waals surface area contributed by atoms with Crippen molar-refractivity contribution in [3.63, 3.8) is 0 Å². The lowest BCUT2D eigenvalue weighted by Gasteiger charge is -2.41. The predicted octanol–water partition coefficient (Wildman–Crippen LogP) is 1.90. The number of sulfonamides is 1. The Bertz CT molecular complexity index is 880. The summed E-state index contributed by atoms with van der Waals surface area (Å²) in [6, 6.07) is 9.94. The largest absolute Gasteiger partial charge is 0.368 e. The van der Waals surface area contributed by atoms with Crippen LogP contribution in [0.15, 0.2) is 42.7 Å². The van der Waals surface area contributed by atoms with E-state index in [0.717, 1.165) is 11.3 Å². The van der Waals surface area contributed by atoms with Gasteiger partial charge >= 0.3 is 0 Å². The molecule has 1 aromatic heterocycles. The van der Waals surface area contributed by atoms with E-state index in [9.17, 15) is 8.42 Å². The maximum Gasteiger partial charge on any atom is 0.229 e. The molecule has 1 fully saturated rings. The summed E-state index contributed by atoms with van der Waals surface area (Å²) in [7, 11) is -3.17. The summed E-state index contributed by atoms with van der Waals surface area (Å²) in [4.78, 5) is 10.9. The zero-order valence-electron chi connectivity index (χ0n) is 14.7. The molecule has 4 rings (SSSR count). The Morgan fingerprint density at radius 3 is 2.42 bits per heavy atom. The SMILES string of the molecule is CS(=O)(=O)N1CCC2(CC1)OCCN(c1ncccn1)c1ccccc12. The predicted molar refractivity (Wildman–Crippen MR) is 98.8 cm³/mol. The lowest BCUT2D eigenvalue weighted by atomic mass is 9.83. The lowest BCUT2D eigenvalue weighted by molar-refractivity contribution is -0.0738. The molecule has 0 aliphatic carbocycles. The summed E-state index contributed by atoms with van der Waals surface area (Å²) in [5.41, 5.74) is 1.64. The number of fused-ring (bicyclic) bond motifs is 2. The van der Waals surface area contributed by atoms with Crippen molar-refractivity contribution < 1.29 is 13.2 Å². The molecule has 26 heavy (non-hydrogen) atoms. The number of ether oxygens (including phenoxy) is 1. The van der Waals surface area contributed by atoms with E-state index in [1.165, 1.54) is 10.6 Å². The molecule has 0 unspecified atom stereocenters. The van der Waals surface area contributed by atoms with Gasteiger partial charge in [0.05, 0.1) is 24.2 Å². The molecule has 0 N–H and O–H groups in total. The fourth-order valence-corrected chi connectivity index (χ4v) is 4.70. The molecule has 2 aliphatic heterocycles. The monoisotopic (exact) mass is 374 g/mol. The normalized spacial score (nSPS) is 20.6. The minimum Gasteiger partial charge on any atom is -0.368 e. The Balaban J connectivity index is 1.72. The Morgan fingerprint density at radius 1 is 1.04 bits per heavy atom. The highest BCUT2D eigenvalue weighted by Gasteiger charge is 2.43. The Morgan fingerprint density at radius 2 is 1.73 bits per heavy atom. The van der Waals surface area contributed by atoms with Crippen LogP contribution in [0.3, 0.4) is 0 Å². The van der Waals surface area contributed by atoms with E-state index in [4.69, 9.17) is 4.74 Å². The number of para-hydroxylation sites is 1. The van der Waals surface area contributed by atoms with Gasteiger partial charge < -0.3 is 9.64 Å². The topological polar surface area (TPSA) is 75.6 Å². The molecule has 0 radical (unpaired) electrons. The molecule has 0 bridgehead atoms. The Labute approximate surface area is 153 Å². The van der Waals surface area contributed by atoms with Gasteiger partial charge in [0, 0.05) is 37.6 Å². The van der Waals surface area contributed by atoms with Crippen molar-refractivity contribution in [1.82, 2.24) is 14.3 Å². The fraction of sp³-hybridized carbons (Fsp3) is 0.444. The summed E-state index contributed by atoms with van der Waals surface area (Å²) in [5, 5.41) is 0. The zero-order valence-corrected chi connectivity index (χ0v) is 15.5. The van der Waals surface area contributed by atoms with Crippen LogP contribution in [0.25, 0.3) is 0 Å². The van der Waals surface area contributed by atoms with Crippen LogP contribution in [0.2, 0.25) is 0 Å². The summed E-state index contributed by atoms with van der Waals surface area (Å²) in [5.74, 6) is 0.647. The van der Waals surface area contributed by atoms with Crippen LogP contribution in [-0.4, -0.2) is 55.2 Å². The molecular weight excluding hydrogens is 352 g/mol. The lowest BCUT2D eigenvalue weighted by Crippen LogP contribution is -2.46. The highest BCUT2D eigenvalue weighted by molar-refractivity contribution is 7.88. The average molecular weight is 374 g/mol. The van der Waals surface area contributed by atoms with Crippen LogP contribution in [-0.2, 0) is 20.4 Å². The first kappa shape index (κ1) is 17.4. The highest BCUT2D eigenvalue weighted by atomic mass is 32.2. The van der Waals surface area contributed by atoms with E-state index in [0.29, 0.717) is 45.0 Å². The van der Waals surface area contributed by atoms with Crippen molar-refractivity contribution in [3.05, 3.63) is 48.3 Å². The van der Waals surface area contributed by atoms with Crippen molar-refractivity contribution in [2.24, 2.45) is 0 Å². The van der Waals surface area contributed by atoms with Crippen LogP contribution in [0.1, 0.15) is 18.4 Å². The van der Waals surface area contributed by atoms with Gasteiger partial charge in [0.2, 0.25) is 16.0 Å². The van der Waals surface area contributed by atoms with E-state index < -0.39 is 15.6 Å². The standard InChI is InChI=1S/C18H22N4O3S/c1-26(23,24)21-11-7-18(8-12-21)15-5-2-3-6-16(15)22(13-14-25-18)17-19-9-4-10-20-17/h2-6,9-10H,7-8,11-14H2,1H3. The van der Waals surface area contributed by atoms with Gasteiger partial charge in [0.15, 0.2) is 0 Å². The quantitative estimate of drug-likeness (QED) is 0.799. The molecule has 2 aliphatic rings. The Hall–Kier alpha value is -2.03. The second-order valence-corrected chi connectivity index (χ2v) is 8.70. The molecule has 0 atom stereocenters. The summed E-state index contributed by atoms with van der Waals surface area (Å²) in [6.45, 7) is 2.12. The summed E-state index contributed by atoms with van der Waals surface area (Å²) >= 11 is 0. The number of hydrogen-bond donors (Lipinski definition) is 0. The van der Waals surface area contributed by atoms with Gasteiger partial charge in [0.1, 0.15) is 0 Å². The molecule has 0 saturated carbocycles. The third-order valence-electron chi connectivity index (χ3n) is 5.17. The molecule has 3 heterocycles. The number of anilines is 2. The summed E-state index contributed by atoms with van der Waals surface area (Å²) in [6.07, 6.45) is 6.01. The Kier molecular flexibility index (Phi) is 4.42. The van der Waals surface area contributed by atoms with E-state index >= 15 is 0 Å². The number of hydrogen-bond acceptors (Lipinski definition) is 6. The molecule has 2 aromatic rings.